The summed E-state index contributed by atoms with van der Waals surface area (Å²) in [4.78, 5) is 10.8. The average molecular weight is 136 g/mol. The second-order valence-electron chi connectivity index (χ2n) is 2.76. The van der Waals surface area contributed by atoms with Gasteiger partial charge in [-0.3, -0.25) is 4.79 Å². The first-order valence-electron chi connectivity index (χ1n) is 3.36. The fourth-order valence-corrected chi connectivity index (χ4v) is 1.45. The molecular weight excluding hydrogens is 128 g/mol. The van der Waals surface area contributed by atoms with Gasteiger partial charge in [-0.15, -0.1) is 0 Å². The van der Waals surface area contributed by atoms with Crippen LogP contribution in [0.4, 0.5) is 0 Å². The van der Waals surface area contributed by atoms with Crippen LogP contribution in [0.1, 0.15) is 12.8 Å². The molecule has 2 rings (SSSR count). The van der Waals surface area contributed by atoms with E-state index in [1.807, 2.05) is 0 Å². The molecule has 0 spiro atoms. The number of ether oxygens (including phenoxy) is 1. The van der Waals surface area contributed by atoms with Crippen molar-refractivity contribution < 1.29 is 9.53 Å². The highest BCUT2D eigenvalue weighted by atomic mass is 16.5. The molecule has 0 aromatic carbocycles. The molecule has 0 N–H and O–H groups in total. The van der Waals surface area contributed by atoms with Crippen LogP contribution in [0.5, 0.6) is 0 Å². The van der Waals surface area contributed by atoms with Crippen LogP contribution in [0.15, 0.2) is 24.2 Å². The van der Waals surface area contributed by atoms with Crippen LogP contribution in [0.25, 0.3) is 0 Å². The van der Waals surface area contributed by atoms with Gasteiger partial charge in [-0.25, -0.2) is 0 Å². The van der Waals surface area contributed by atoms with Crippen molar-refractivity contribution in [3.05, 3.63) is 24.2 Å². The topological polar surface area (TPSA) is 26.3 Å². The number of ketones is 1. The van der Waals surface area contributed by atoms with E-state index in [9.17, 15) is 4.79 Å². The molecule has 1 aliphatic heterocycles. The fraction of sp³-hybridized carbons (Fsp3) is 0.375. The SMILES string of the molecule is C=C1CC2CC(=O)C=C2O1. The van der Waals surface area contributed by atoms with E-state index in [-0.39, 0.29) is 5.78 Å². The predicted molar refractivity (Wildman–Crippen MR) is 36.0 cm³/mol. The van der Waals surface area contributed by atoms with Crippen LogP contribution in [-0.2, 0) is 9.53 Å². The third kappa shape index (κ3) is 0.685. The van der Waals surface area contributed by atoms with E-state index in [2.05, 4.69) is 6.58 Å². The summed E-state index contributed by atoms with van der Waals surface area (Å²) in [5, 5.41) is 0. The van der Waals surface area contributed by atoms with Crippen molar-refractivity contribution >= 4 is 5.78 Å². The number of carbonyl (C=O) groups is 1. The molecule has 2 aliphatic rings. The first-order valence-corrected chi connectivity index (χ1v) is 3.36. The molecule has 0 bridgehead atoms. The maximum Gasteiger partial charge on any atom is 0.159 e. The van der Waals surface area contributed by atoms with E-state index in [0.29, 0.717) is 12.3 Å². The number of allylic oxidation sites excluding steroid dienone is 3. The Balaban J connectivity index is 2.29. The van der Waals surface area contributed by atoms with E-state index in [1.54, 1.807) is 6.08 Å². The molecule has 1 aliphatic carbocycles. The van der Waals surface area contributed by atoms with Crippen LogP contribution < -0.4 is 0 Å². The summed E-state index contributed by atoms with van der Waals surface area (Å²) < 4.78 is 5.20. The van der Waals surface area contributed by atoms with Gasteiger partial charge in [-0.1, -0.05) is 6.58 Å². The maximum absolute atomic E-state index is 10.8. The van der Waals surface area contributed by atoms with Crippen LogP contribution in [0.2, 0.25) is 0 Å². The van der Waals surface area contributed by atoms with E-state index in [4.69, 9.17) is 4.74 Å². The lowest BCUT2D eigenvalue weighted by Crippen LogP contribution is -1.93. The average Bonchev–Trinajstić information content (AvgIpc) is 2.21. The molecule has 10 heavy (non-hydrogen) atoms. The highest BCUT2D eigenvalue weighted by molar-refractivity contribution is 5.93. The lowest BCUT2D eigenvalue weighted by Gasteiger charge is -1.94. The van der Waals surface area contributed by atoms with E-state index in [1.165, 1.54) is 0 Å². The Bertz CT molecular complexity index is 238. The zero-order chi connectivity index (χ0) is 7.14. The third-order valence-corrected chi connectivity index (χ3v) is 1.89. The highest BCUT2D eigenvalue weighted by Gasteiger charge is 2.32. The van der Waals surface area contributed by atoms with Gasteiger partial charge in [0.25, 0.3) is 0 Å². The molecule has 1 fully saturated rings. The van der Waals surface area contributed by atoms with Gasteiger partial charge < -0.3 is 4.74 Å². The summed E-state index contributed by atoms with van der Waals surface area (Å²) in [6.45, 7) is 3.69. The lowest BCUT2D eigenvalue weighted by molar-refractivity contribution is -0.114. The Morgan fingerprint density at radius 3 is 3.10 bits per heavy atom. The molecule has 1 atom stereocenters. The lowest BCUT2D eigenvalue weighted by atomic mass is 10.1. The summed E-state index contributed by atoms with van der Waals surface area (Å²) in [5.41, 5.74) is 0. The normalized spacial score (nSPS) is 30.0. The monoisotopic (exact) mass is 136 g/mol. The fourth-order valence-electron chi connectivity index (χ4n) is 1.45. The molecule has 2 nitrogen and oxygen atoms in total. The molecule has 0 aromatic heterocycles. The molecule has 0 aromatic rings. The largest absolute Gasteiger partial charge is 0.466 e. The van der Waals surface area contributed by atoms with Crippen LogP contribution in [-0.4, -0.2) is 5.78 Å². The molecule has 1 saturated heterocycles. The Morgan fingerprint density at radius 1 is 1.60 bits per heavy atom. The second-order valence-corrected chi connectivity index (χ2v) is 2.76. The molecular formula is C8H8O2. The number of hydrogen-bond acceptors (Lipinski definition) is 2. The minimum Gasteiger partial charge on any atom is -0.466 e. The molecule has 52 valence electrons. The molecule has 0 saturated carbocycles. The number of hydrogen-bond donors (Lipinski definition) is 0. The molecule has 1 unspecified atom stereocenters. The van der Waals surface area contributed by atoms with Gasteiger partial charge in [-0.05, 0) is 0 Å². The Hall–Kier alpha value is -1.05. The van der Waals surface area contributed by atoms with Gasteiger partial charge >= 0.3 is 0 Å². The zero-order valence-corrected chi connectivity index (χ0v) is 5.59. The van der Waals surface area contributed by atoms with Crippen LogP contribution in [0, 0.1) is 5.92 Å². The maximum atomic E-state index is 10.8. The summed E-state index contributed by atoms with van der Waals surface area (Å²) in [7, 11) is 0. The summed E-state index contributed by atoms with van der Waals surface area (Å²) >= 11 is 0. The quantitative estimate of drug-likeness (QED) is 0.503. The van der Waals surface area contributed by atoms with Crippen molar-refractivity contribution in [2.45, 2.75) is 12.8 Å². The second kappa shape index (κ2) is 1.72. The van der Waals surface area contributed by atoms with Crippen molar-refractivity contribution in [3.8, 4) is 0 Å². The van der Waals surface area contributed by atoms with E-state index in [0.717, 1.165) is 17.9 Å². The first kappa shape index (κ1) is 5.71. The van der Waals surface area contributed by atoms with Gasteiger partial charge in [0.05, 0.1) is 5.76 Å². The van der Waals surface area contributed by atoms with Crippen LogP contribution >= 0.6 is 0 Å². The Labute approximate surface area is 59.2 Å². The van der Waals surface area contributed by atoms with E-state index >= 15 is 0 Å². The van der Waals surface area contributed by atoms with Crippen LogP contribution in [0.3, 0.4) is 0 Å². The first-order chi connectivity index (χ1) is 4.75. The minimum absolute atomic E-state index is 0.188. The summed E-state index contributed by atoms with van der Waals surface area (Å²) in [6.07, 6.45) is 3.04. The molecule has 1 heterocycles. The van der Waals surface area contributed by atoms with Crippen molar-refractivity contribution in [3.63, 3.8) is 0 Å². The van der Waals surface area contributed by atoms with Gasteiger partial charge in [0.2, 0.25) is 0 Å². The smallest absolute Gasteiger partial charge is 0.159 e. The number of rotatable bonds is 0. The summed E-state index contributed by atoms with van der Waals surface area (Å²) in [5.74, 6) is 2.13. The zero-order valence-electron chi connectivity index (χ0n) is 5.59. The minimum atomic E-state index is 0.188. The Kier molecular flexibility index (Phi) is 0.982. The van der Waals surface area contributed by atoms with Crippen molar-refractivity contribution in [2.75, 3.05) is 0 Å². The van der Waals surface area contributed by atoms with Crippen molar-refractivity contribution in [1.29, 1.82) is 0 Å². The van der Waals surface area contributed by atoms with E-state index < -0.39 is 0 Å². The van der Waals surface area contributed by atoms with Gasteiger partial charge in [-0.2, -0.15) is 0 Å². The molecule has 0 amide bonds. The van der Waals surface area contributed by atoms with Gasteiger partial charge in [0.15, 0.2) is 5.78 Å². The number of fused-ring (bicyclic) bond motifs is 1. The Morgan fingerprint density at radius 2 is 2.40 bits per heavy atom. The number of carbonyl (C=O) groups excluding carboxylic acids is 1. The summed E-state index contributed by atoms with van der Waals surface area (Å²) in [6, 6.07) is 0. The predicted octanol–water partition coefficient (Wildman–Crippen LogP) is 1.39. The van der Waals surface area contributed by atoms with Crippen molar-refractivity contribution in [2.24, 2.45) is 5.92 Å². The standard InChI is InChI=1S/C8H8O2/c1-5-2-6-3-7(9)4-8(6)10-5/h4,6H,1-3H2. The third-order valence-electron chi connectivity index (χ3n) is 1.89. The highest BCUT2D eigenvalue weighted by Crippen LogP contribution is 2.37. The van der Waals surface area contributed by atoms with Crippen molar-refractivity contribution in [1.82, 2.24) is 0 Å². The molecule has 2 heteroatoms. The molecule has 0 radical (unpaired) electrons. The van der Waals surface area contributed by atoms with Gasteiger partial charge in [0.1, 0.15) is 5.76 Å². The van der Waals surface area contributed by atoms with Gasteiger partial charge in [0, 0.05) is 24.8 Å².